The molecule has 1 amide bonds. The van der Waals surface area contributed by atoms with Crippen LogP contribution in [0.3, 0.4) is 0 Å². The molecular weight excluding hydrogens is 380 g/mol. The second kappa shape index (κ2) is 8.95. The van der Waals surface area contributed by atoms with E-state index in [0.29, 0.717) is 12.1 Å². The number of carbonyl (C=O) groups excluding carboxylic acids is 2. The third kappa shape index (κ3) is 4.13. The predicted octanol–water partition coefficient (Wildman–Crippen LogP) is 4.39. The SMILES string of the molecule is CCCNC(=O)COC(=O)c1c2c(nc3ccccc13)/C(=C\c1ccco1)CCC2. The summed E-state index contributed by atoms with van der Waals surface area (Å²) in [4.78, 5) is 29.8. The smallest absolute Gasteiger partial charge is 0.339 e. The highest BCUT2D eigenvalue weighted by Crippen LogP contribution is 2.36. The first-order chi connectivity index (χ1) is 14.7. The summed E-state index contributed by atoms with van der Waals surface area (Å²) in [5, 5.41) is 3.47. The Kier molecular flexibility index (Phi) is 5.93. The molecule has 0 atom stereocenters. The number of carbonyl (C=O) groups is 2. The summed E-state index contributed by atoms with van der Waals surface area (Å²) in [6, 6.07) is 11.3. The largest absolute Gasteiger partial charge is 0.465 e. The number of pyridine rings is 1. The number of allylic oxidation sites excluding steroid dienone is 1. The zero-order valence-electron chi connectivity index (χ0n) is 16.9. The summed E-state index contributed by atoms with van der Waals surface area (Å²) >= 11 is 0. The molecule has 0 bridgehead atoms. The molecule has 4 rings (SSSR count). The van der Waals surface area contributed by atoms with E-state index in [0.717, 1.165) is 59.2 Å². The van der Waals surface area contributed by atoms with Crippen LogP contribution in [0.25, 0.3) is 22.6 Å². The van der Waals surface area contributed by atoms with Gasteiger partial charge in [-0.2, -0.15) is 0 Å². The van der Waals surface area contributed by atoms with Gasteiger partial charge in [0.25, 0.3) is 5.91 Å². The van der Waals surface area contributed by atoms with Crippen molar-refractivity contribution >= 4 is 34.4 Å². The lowest BCUT2D eigenvalue weighted by molar-refractivity contribution is -0.124. The predicted molar refractivity (Wildman–Crippen MR) is 115 cm³/mol. The van der Waals surface area contributed by atoms with Crippen molar-refractivity contribution < 1.29 is 18.7 Å². The lowest BCUT2D eigenvalue weighted by Gasteiger charge is -2.22. The third-order valence-corrected chi connectivity index (χ3v) is 5.14. The van der Waals surface area contributed by atoms with Gasteiger partial charge < -0.3 is 14.5 Å². The van der Waals surface area contributed by atoms with Crippen LogP contribution in [-0.2, 0) is 16.0 Å². The quantitative estimate of drug-likeness (QED) is 0.616. The van der Waals surface area contributed by atoms with E-state index < -0.39 is 5.97 Å². The fourth-order valence-corrected chi connectivity index (χ4v) is 3.77. The molecule has 0 unspecified atom stereocenters. The van der Waals surface area contributed by atoms with E-state index in [1.807, 2.05) is 49.4 Å². The highest BCUT2D eigenvalue weighted by atomic mass is 16.5. The summed E-state index contributed by atoms with van der Waals surface area (Å²) in [5.74, 6) is -0.0314. The number of para-hydroxylation sites is 1. The van der Waals surface area contributed by atoms with Crippen molar-refractivity contribution in [2.24, 2.45) is 0 Å². The average molecular weight is 404 g/mol. The molecule has 0 spiro atoms. The van der Waals surface area contributed by atoms with E-state index in [1.54, 1.807) is 6.26 Å². The lowest BCUT2D eigenvalue weighted by Crippen LogP contribution is -2.29. The van der Waals surface area contributed by atoms with Crippen molar-refractivity contribution in [1.29, 1.82) is 0 Å². The molecule has 0 fully saturated rings. The van der Waals surface area contributed by atoms with Gasteiger partial charge in [-0.1, -0.05) is 25.1 Å². The van der Waals surface area contributed by atoms with Crippen LogP contribution in [0.1, 0.15) is 53.6 Å². The minimum atomic E-state index is -0.490. The minimum Gasteiger partial charge on any atom is -0.465 e. The van der Waals surface area contributed by atoms with Crippen LogP contribution in [0.2, 0.25) is 0 Å². The van der Waals surface area contributed by atoms with Crippen LogP contribution in [0.15, 0.2) is 47.1 Å². The van der Waals surface area contributed by atoms with Crippen LogP contribution in [-0.4, -0.2) is 30.0 Å². The van der Waals surface area contributed by atoms with E-state index in [4.69, 9.17) is 14.1 Å². The van der Waals surface area contributed by atoms with Gasteiger partial charge >= 0.3 is 5.97 Å². The van der Waals surface area contributed by atoms with Crippen molar-refractivity contribution in [3.05, 3.63) is 65.2 Å². The molecule has 1 aliphatic rings. The normalized spacial score (nSPS) is 14.5. The molecule has 1 N–H and O–H groups in total. The minimum absolute atomic E-state index is 0.292. The van der Waals surface area contributed by atoms with E-state index in [2.05, 4.69) is 5.32 Å². The first-order valence-corrected chi connectivity index (χ1v) is 10.3. The fraction of sp³-hybridized carbons (Fsp3) is 0.292. The second-order valence-corrected chi connectivity index (χ2v) is 7.30. The molecule has 6 heteroatoms. The number of hydrogen-bond donors (Lipinski definition) is 1. The molecule has 0 saturated heterocycles. The maximum Gasteiger partial charge on any atom is 0.339 e. The van der Waals surface area contributed by atoms with Crippen LogP contribution in [0.4, 0.5) is 0 Å². The number of aromatic nitrogens is 1. The molecule has 2 heterocycles. The second-order valence-electron chi connectivity index (χ2n) is 7.30. The van der Waals surface area contributed by atoms with Crippen molar-refractivity contribution in [3.63, 3.8) is 0 Å². The third-order valence-electron chi connectivity index (χ3n) is 5.14. The van der Waals surface area contributed by atoms with E-state index in [9.17, 15) is 9.59 Å². The number of nitrogens with zero attached hydrogens (tertiary/aromatic N) is 1. The number of fused-ring (bicyclic) bond motifs is 2. The zero-order chi connectivity index (χ0) is 20.9. The van der Waals surface area contributed by atoms with Gasteiger partial charge in [-0.05, 0) is 61.1 Å². The summed E-state index contributed by atoms with van der Waals surface area (Å²) in [6.07, 6.45) is 6.93. The number of esters is 1. The van der Waals surface area contributed by atoms with Gasteiger partial charge in [0.05, 0.1) is 23.0 Å². The van der Waals surface area contributed by atoms with Crippen LogP contribution in [0, 0.1) is 0 Å². The summed E-state index contributed by atoms with van der Waals surface area (Å²) in [6.45, 7) is 2.24. The lowest BCUT2D eigenvalue weighted by atomic mass is 9.86. The monoisotopic (exact) mass is 404 g/mol. The van der Waals surface area contributed by atoms with Crippen LogP contribution < -0.4 is 5.32 Å². The van der Waals surface area contributed by atoms with E-state index in [-0.39, 0.29) is 12.5 Å². The zero-order valence-corrected chi connectivity index (χ0v) is 16.9. The van der Waals surface area contributed by atoms with Gasteiger partial charge in [0.15, 0.2) is 6.61 Å². The van der Waals surface area contributed by atoms with E-state index >= 15 is 0 Å². The number of hydrogen-bond acceptors (Lipinski definition) is 5. The van der Waals surface area contributed by atoms with Crippen molar-refractivity contribution in [3.8, 4) is 0 Å². The van der Waals surface area contributed by atoms with Crippen LogP contribution >= 0.6 is 0 Å². The van der Waals surface area contributed by atoms with Gasteiger partial charge in [0.2, 0.25) is 0 Å². The highest BCUT2D eigenvalue weighted by molar-refractivity contribution is 6.07. The number of benzene rings is 1. The summed E-state index contributed by atoms with van der Waals surface area (Å²) in [7, 11) is 0. The Hall–Kier alpha value is -3.41. The Labute approximate surface area is 174 Å². The number of ether oxygens (including phenoxy) is 1. The molecule has 0 radical (unpaired) electrons. The maximum absolute atomic E-state index is 13.1. The molecule has 154 valence electrons. The molecule has 2 aromatic heterocycles. The van der Waals surface area contributed by atoms with Gasteiger partial charge in [-0.15, -0.1) is 0 Å². The topological polar surface area (TPSA) is 81.4 Å². The average Bonchev–Trinajstić information content (AvgIpc) is 3.28. The number of nitrogens with one attached hydrogen (secondary N) is 1. The Morgan fingerprint density at radius 2 is 2.07 bits per heavy atom. The van der Waals surface area contributed by atoms with Gasteiger partial charge in [-0.3, -0.25) is 4.79 Å². The van der Waals surface area contributed by atoms with Gasteiger partial charge in [-0.25, -0.2) is 9.78 Å². The van der Waals surface area contributed by atoms with Gasteiger partial charge in [0, 0.05) is 11.9 Å². The fourth-order valence-electron chi connectivity index (χ4n) is 3.77. The number of rotatable bonds is 6. The summed E-state index contributed by atoms with van der Waals surface area (Å²) < 4.78 is 10.9. The molecule has 0 saturated carbocycles. The molecule has 1 aromatic carbocycles. The first-order valence-electron chi connectivity index (χ1n) is 10.3. The molecule has 1 aliphatic carbocycles. The van der Waals surface area contributed by atoms with Crippen LogP contribution in [0.5, 0.6) is 0 Å². The number of furan rings is 1. The molecule has 3 aromatic rings. The van der Waals surface area contributed by atoms with Crippen molar-refractivity contribution in [1.82, 2.24) is 10.3 Å². The standard InChI is InChI=1S/C24H24N2O4/c1-2-12-25-21(27)15-30-24(28)22-18-9-3-4-11-20(18)26-23-16(7-5-10-19(22)23)14-17-8-6-13-29-17/h3-4,6,8-9,11,13-14H,2,5,7,10,12,15H2,1H3,(H,25,27)/b16-14-. The van der Waals surface area contributed by atoms with Crippen molar-refractivity contribution in [2.45, 2.75) is 32.6 Å². The first kappa shape index (κ1) is 19.9. The maximum atomic E-state index is 13.1. The molecule has 0 aliphatic heterocycles. The Bertz CT molecular complexity index is 1100. The molecule has 30 heavy (non-hydrogen) atoms. The summed E-state index contributed by atoms with van der Waals surface area (Å²) in [5.41, 5.74) is 3.94. The van der Waals surface area contributed by atoms with E-state index in [1.165, 1.54) is 0 Å². The Balaban J connectivity index is 1.74. The molecule has 6 nitrogen and oxygen atoms in total. The number of amides is 1. The van der Waals surface area contributed by atoms with Crippen molar-refractivity contribution in [2.75, 3.05) is 13.2 Å². The Morgan fingerprint density at radius 3 is 2.87 bits per heavy atom. The Morgan fingerprint density at radius 1 is 1.20 bits per heavy atom. The highest BCUT2D eigenvalue weighted by Gasteiger charge is 2.26. The molecular formula is C24H24N2O4. The van der Waals surface area contributed by atoms with Gasteiger partial charge in [0.1, 0.15) is 5.76 Å².